The van der Waals surface area contributed by atoms with E-state index >= 15 is 0 Å². The van der Waals surface area contributed by atoms with Crippen LogP contribution in [0, 0.1) is 11.3 Å². The van der Waals surface area contributed by atoms with Crippen molar-refractivity contribution in [3.05, 3.63) is 69.5 Å². The first-order chi connectivity index (χ1) is 11.6. The van der Waals surface area contributed by atoms with E-state index in [1.165, 1.54) is 6.08 Å². The summed E-state index contributed by atoms with van der Waals surface area (Å²) in [5.41, 5.74) is 2.34. The number of nitriles is 1. The lowest BCUT2D eigenvalue weighted by atomic mass is 10.1. The molecule has 3 rings (SSSR count). The molecule has 0 bridgehead atoms. The number of amides is 1. The minimum Gasteiger partial charge on any atom is -0.390 e. The van der Waals surface area contributed by atoms with E-state index in [2.05, 4.69) is 26.2 Å². The Balaban J connectivity index is 1.82. The predicted octanol–water partition coefficient (Wildman–Crippen LogP) is 2.53. The van der Waals surface area contributed by atoms with Crippen molar-refractivity contribution in [2.75, 3.05) is 0 Å². The maximum absolute atomic E-state index is 12.4. The number of carbonyl (C=O) groups excluding carboxylic acids is 1. The number of rotatable bonds is 3. The zero-order valence-corrected chi connectivity index (χ0v) is 14.2. The van der Waals surface area contributed by atoms with Crippen LogP contribution in [0.1, 0.15) is 22.9 Å². The summed E-state index contributed by atoms with van der Waals surface area (Å²) in [5, 5.41) is 22.2. The summed E-state index contributed by atoms with van der Waals surface area (Å²) in [5.74, 6) is -0.528. The first kappa shape index (κ1) is 16.4. The predicted molar refractivity (Wildman–Crippen MR) is 92.6 cm³/mol. The van der Waals surface area contributed by atoms with E-state index in [-0.39, 0.29) is 5.57 Å². The number of benzene rings is 1. The van der Waals surface area contributed by atoms with Gasteiger partial charge in [0.15, 0.2) is 0 Å². The van der Waals surface area contributed by atoms with Gasteiger partial charge in [-0.15, -0.1) is 0 Å². The first-order valence-electron chi connectivity index (χ1n) is 7.39. The smallest absolute Gasteiger partial charge is 0.262 e. The fourth-order valence-corrected chi connectivity index (χ4v) is 3.13. The van der Waals surface area contributed by atoms with Crippen LogP contribution in [0.3, 0.4) is 0 Å². The van der Waals surface area contributed by atoms with E-state index in [1.54, 1.807) is 18.2 Å². The highest BCUT2D eigenvalue weighted by Gasteiger charge is 2.32. The molecule has 1 amide bonds. The summed E-state index contributed by atoms with van der Waals surface area (Å²) in [4.78, 5) is 16.6. The number of aliphatic hydroxyl groups is 1. The van der Waals surface area contributed by atoms with Gasteiger partial charge in [0.25, 0.3) is 5.91 Å². The van der Waals surface area contributed by atoms with Gasteiger partial charge in [-0.25, -0.2) is 4.98 Å². The molecule has 5 nitrogen and oxygen atoms in total. The van der Waals surface area contributed by atoms with Crippen LogP contribution in [-0.4, -0.2) is 22.1 Å². The van der Waals surface area contributed by atoms with E-state index in [0.29, 0.717) is 16.7 Å². The van der Waals surface area contributed by atoms with Gasteiger partial charge in [0.05, 0.1) is 17.8 Å². The highest BCUT2D eigenvalue weighted by Crippen LogP contribution is 2.31. The SMILES string of the molecule is N#C/C(=C\c1cccc(Br)n1)C(=O)N[C@@H]1c2ccccc2C[C@@H]1O. The molecule has 0 radical (unpaired) electrons. The van der Waals surface area contributed by atoms with Crippen LogP contribution in [0.25, 0.3) is 6.08 Å². The van der Waals surface area contributed by atoms with Gasteiger partial charge in [0.1, 0.15) is 16.2 Å². The fourth-order valence-electron chi connectivity index (χ4n) is 2.77. The molecule has 24 heavy (non-hydrogen) atoms. The molecule has 2 aromatic rings. The second-order valence-corrected chi connectivity index (χ2v) is 6.29. The largest absolute Gasteiger partial charge is 0.390 e. The van der Waals surface area contributed by atoms with Crippen LogP contribution in [-0.2, 0) is 11.2 Å². The highest BCUT2D eigenvalue weighted by molar-refractivity contribution is 9.10. The molecular formula is C18H14BrN3O2. The Morgan fingerprint density at radius 1 is 1.33 bits per heavy atom. The van der Waals surface area contributed by atoms with Gasteiger partial charge in [0, 0.05) is 6.42 Å². The molecule has 2 N–H and O–H groups in total. The monoisotopic (exact) mass is 383 g/mol. The Hall–Kier alpha value is -2.49. The zero-order valence-electron chi connectivity index (χ0n) is 12.6. The number of aromatic nitrogens is 1. The molecule has 0 fully saturated rings. The van der Waals surface area contributed by atoms with Gasteiger partial charge in [0.2, 0.25) is 0 Å². The van der Waals surface area contributed by atoms with Gasteiger partial charge in [-0.05, 0) is 45.3 Å². The topological polar surface area (TPSA) is 86.0 Å². The van der Waals surface area contributed by atoms with Crippen molar-refractivity contribution in [2.24, 2.45) is 0 Å². The average molecular weight is 384 g/mol. The highest BCUT2D eigenvalue weighted by atomic mass is 79.9. The molecule has 0 saturated carbocycles. The Kier molecular flexibility index (Phi) is 4.74. The standard InChI is InChI=1S/C18H14BrN3O2/c19-16-7-3-5-13(21-16)8-12(10-20)18(24)22-17-14-6-2-1-4-11(14)9-15(17)23/h1-8,15,17,23H,9H2,(H,22,24)/b12-8+/t15-,17+/m0/s1. The Bertz CT molecular complexity index is 857. The third-order valence-electron chi connectivity index (χ3n) is 3.88. The lowest BCUT2D eigenvalue weighted by Crippen LogP contribution is -2.34. The first-order valence-corrected chi connectivity index (χ1v) is 8.19. The molecule has 1 aliphatic carbocycles. The molecule has 0 aliphatic heterocycles. The summed E-state index contributed by atoms with van der Waals surface area (Å²) < 4.78 is 0.620. The zero-order chi connectivity index (χ0) is 17.1. The number of hydrogen-bond donors (Lipinski definition) is 2. The van der Waals surface area contributed by atoms with Crippen LogP contribution >= 0.6 is 15.9 Å². The summed E-state index contributed by atoms with van der Waals surface area (Å²) in [6.45, 7) is 0. The van der Waals surface area contributed by atoms with E-state index < -0.39 is 18.1 Å². The van der Waals surface area contributed by atoms with Crippen LogP contribution in [0.4, 0.5) is 0 Å². The summed E-state index contributed by atoms with van der Waals surface area (Å²) in [6.07, 6.45) is 1.21. The number of fused-ring (bicyclic) bond motifs is 1. The fraction of sp³-hybridized carbons (Fsp3) is 0.167. The number of nitrogens with one attached hydrogen (secondary N) is 1. The van der Waals surface area contributed by atoms with Crippen molar-refractivity contribution in [1.82, 2.24) is 10.3 Å². The Morgan fingerprint density at radius 2 is 2.12 bits per heavy atom. The van der Waals surface area contributed by atoms with Crippen molar-refractivity contribution in [1.29, 1.82) is 5.26 Å². The number of aliphatic hydroxyl groups excluding tert-OH is 1. The summed E-state index contributed by atoms with van der Waals surface area (Å²) in [7, 11) is 0. The second kappa shape index (κ2) is 6.95. The molecule has 120 valence electrons. The van der Waals surface area contributed by atoms with Crippen LogP contribution in [0.15, 0.2) is 52.6 Å². The quantitative estimate of drug-likeness (QED) is 0.484. The lowest BCUT2D eigenvalue weighted by Gasteiger charge is -2.17. The summed E-state index contributed by atoms with van der Waals surface area (Å²) >= 11 is 3.25. The molecule has 1 aliphatic rings. The van der Waals surface area contributed by atoms with Gasteiger partial charge in [-0.3, -0.25) is 4.79 Å². The number of hydrogen-bond acceptors (Lipinski definition) is 4. The average Bonchev–Trinajstić information content (AvgIpc) is 2.88. The molecule has 1 aromatic heterocycles. The normalized spacial score (nSPS) is 19.5. The molecule has 0 spiro atoms. The third kappa shape index (κ3) is 3.37. The van der Waals surface area contributed by atoms with E-state index in [9.17, 15) is 15.2 Å². The minimum atomic E-state index is -0.699. The van der Waals surface area contributed by atoms with Crippen LogP contribution in [0.2, 0.25) is 0 Å². The number of halogens is 1. The Labute approximate surface area is 147 Å². The number of nitrogens with zero attached hydrogens (tertiary/aromatic N) is 2. The molecule has 0 unspecified atom stereocenters. The molecule has 0 saturated heterocycles. The number of pyridine rings is 1. The molecular weight excluding hydrogens is 370 g/mol. The lowest BCUT2D eigenvalue weighted by molar-refractivity contribution is -0.118. The van der Waals surface area contributed by atoms with Crippen molar-refractivity contribution in [3.8, 4) is 6.07 Å². The maximum atomic E-state index is 12.4. The van der Waals surface area contributed by atoms with Crippen molar-refractivity contribution >= 4 is 27.9 Å². The molecule has 1 aromatic carbocycles. The molecule has 1 heterocycles. The van der Waals surface area contributed by atoms with Gasteiger partial charge in [-0.1, -0.05) is 30.3 Å². The van der Waals surface area contributed by atoms with Gasteiger partial charge in [-0.2, -0.15) is 5.26 Å². The minimum absolute atomic E-state index is 0.0582. The van der Waals surface area contributed by atoms with Crippen molar-refractivity contribution in [3.63, 3.8) is 0 Å². The van der Waals surface area contributed by atoms with E-state index in [0.717, 1.165) is 11.1 Å². The Morgan fingerprint density at radius 3 is 2.88 bits per heavy atom. The third-order valence-corrected chi connectivity index (χ3v) is 4.33. The van der Waals surface area contributed by atoms with Crippen LogP contribution < -0.4 is 5.32 Å². The second-order valence-electron chi connectivity index (χ2n) is 5.48. The van der Waals surface area contributed by atoms with E-state index in [4.69, 9.17) is 0 Å². The number of carbonyl (C=O) groups is 1. The molecule has 6 heteroatoms. The van der Waals surface area contributed by atoms with Crippen molar-refractivity contribution < 1.29 is 9.90 Å². The van der Waals surface area contributed by atoms with Gasteiger partial charge >= 0.3 is 0 Å². The van der Waals surface area contributed by atoms with Crippen LogP contribution in [0.5, 0.6) is 0 Å². The van der Waals surface area contributed by atoms with Crippen molar-refractivity contribution in [2.45, 2.75) is 18.6 Å². The maximum Gasteiger partial charge on any atom is 0.262 e. The molecule has 2 atom stereocenters. The van der Waals surface area contributed by atoms with E-state index in [1.807, 2.05) is 30.3 Å². The summed E-state index contributed by atoms with van der Waals surface area (Å²) in [6, 6.07) is 14.2. The van der Waals surface area contributed by atoms with Gasteiger partial charge < -0.3 is 10.4 Å².